The van der Waals surface area contributed by atoms with Crippen molar-refractivity contribution in [3.05, 3.63) is 0 Å². The van der Waals surface area contributed by atoms with E-state index in [4.69, 9.17) is 0 Å². The summed E-state index contributed by atoms with van der Waals surface area (Å²) in [4.78, 5) is 25.9. The summed E-state index contributed by atoms with van der Waals surface area (Å²) in [7, 11) is 0. The Morgan fingerprint density at radius 3 is 1.07 bits per heavy atom. The highest BCUT2D eigenvalue weighted by atomic mass is 16.2. The number of hydrogen-bond acceptors (Lipinski definition) is 2. The smallest absolute Gasteiger partial charge is 0.219 e. The van der Waals surface area contributed by atoms with Gasteiger partial charge < -0.3 is 4.90 Å². The van der Waals surface area contributed by atoms with Gasteiger partial charge in [-0.15, -0.1) is 0 Å². The van der Waals surface area contributed by atoms with Crippen LogP contribution in [0.25, 0.3) is 0 Å². The lowest BCUT2D eigenvalue weighted by atomic mass is 10.0. The van der Waals surface area contributed by atoms with Gasteiger partial charge >= 0.3 is 0 Å². The quantitative estimate of drug-likeness (QED) is 0.397. The molecule has 1 heterocycles. The van der Waals surface area contributed by atoms with E-state index in [1.807, 2.05) is 0 Å². The number of Topliss-reactive ketones (excluding diaryl/α,β-unsaturated/α-hetero) is 1. The number of carbonyl (C=O) groups is 2. The fraction of sp³-hybridized carbons (Fsp3) is 0.926. The second-order valence-electron chi connectivity index (χ2n) is 9.62. The fourth-order valence-electron chi connectivity index (χ4n) is 4.63. The van der Waals surface area contributed by atoms with E-state index in [1.165, 1.54) is 103 Å². The van der Waals surface area contributed by atoms with E-state index in [-0.39, 0.29) is 5.91 Å². The predicted octanol–water partition coefficient (Wildman–Crippen LogP) is 8.00. The van der Waals surface area contributed by atoms with Crippen LogP contribution in [-0.4, -0.2) is 29.7 Å². The van der Waals surface area contributed by atoms with Crippen molar-refractivity contribution < 1.29 is 9.59 Å². The molecule has 1 fully saturated rings. The Kier molecular flexibility index (Phi) is 18.2. The van der Waals surface area contributed by atoms with Crippen LogP contribution < -0.4 is 0 Å². The van der Waals surface area contributed by atoms with Gasteiger partial charge in [0.15, 0.2) is 0 Å². The number of nitrogens with zero attached hydrogens (tertiary/aromatic N) is 1. The number of amides is 1. The van der Waals surface area contributed by atoms with Crippen molar-refractivity contribution >= 4 is 11.7 Å². The summed E-state index contributed by atoms with van der Waals surface area (Å²) in [5, 5.41) is 0. The molecule has 0 radical (unpaired) electrons. The normalized spacial score (nSPS) is 22.4. The van der Waals surface area contributed by atoms with Crippen molar-refractivity contribution in [3.63, 3.8) is 0 Å². The Morgan fingerprint density at radius 2 is 0.767 bits per heavy atom. The average Bonchev–Trinajstić information content (AvgIpc) is 2.72. The maximum absolute atomic E-state index is 12.0. The van der Waals surface area contributed by atoms with Gasteiger partial charge in [0.1, 0.15) is 5.78 Å². The second kappa shape index (κ2) is 20.1. The lowest BCUT2D eigenvalue weighted by Gasteiger charge is -2.21. The molecule has 0 bridgehead atoms. The average molecular weight is 422 g/mol. The maximum Gasteiger partial charge on any atom is 0.219 e. The van der Waals surface area contributed by atoms with Crippen molar-refractivity contribution in [1.82, 2.24) is 4.90 Å². The highest BCUT2D eigenvalue weighted by molar-refractivity contribution is 5.78. The highest BCUT2D eigenvalue weighted by Crippen LogP contribution is 2.15. The van der Waals surface area contributed by atoms with Gasteiger partial charge in [-0.1, -0.05) is 103 Å². The summed E-state index contributed by atoms with van der Waals surface area (Å²) in [5.41, 5.74) is 0. The molecular formula is C27H51NO2. The summed E-state index contributed by atoms with van der Waals surface area (Å²) in [6.07, 6.45) is 27.0. The van der Waals surface area contributed by atoms with Gasteiger partial charge in [0, 0.05) is 32.9 Å². The standard InChI is InChI=1S/C27H51NO2/c1-26(29)28-24-20-16-12-8-4-2-6-10-14-18-22-27(30)23-19-15-11-7-3-5-9-13-17-21-25-28/h2-25H2,1H3. The molecule has 0 spiro atoms. The molecule has 0 aromatic carbocycles. The summed E-state index contributed by atoms with van der Waals surface area (Å²) < 4.78 is 0. The molecule has 1 aliphatic rings. The molecule has 1 saturated heterocycles. The molecule has 0 saturated carbocycles. The van der Waals surface area contributed by atoms with Crippen molar-refractivity contribution in [1.29, 1.82) is 0 Å². The van der Waals surface area contributed by atoms with E-state index in [1.54, 1.807) is 6.92 Å². The van der Waals surface area contributed by atoms with E-state index >= 15 is 0 Å². The lowest BCUT2D eigenvalue weighted by molar-refractivity contribution is -0.129. The van der Waals surface area contributed by atoms with E-state index in [2.05, 4.69) is 4.90 Å². The topological polar surface area (TPSA) is 37.4 Å². The third-order valence-electron chi connectivity index (χ3n) is 6.71. The minimum Gasteiger partial charge on any atom is -0.343 e. The molecule has 1 aliphatic heterocycles. The van der Waals surface area contributed by atoms with Crippen LogP contribution in [0.2, 0.25) is 0 Å². The van der Waals surface area contributed by atoms with Crippen LogP contribution in [0.4, 0.5) is 0 Å². The first-order chi connectivity index (χ1) is 14.7. The molecule has 0 N–H and O–H groups in total. The first kappa shape index (κ1) is 27.2. The SMILES string of the molecule is CC(=O)N1CCCCCCCCCCCCC(=O)CCCCCCCCCCCC1. The molecule has 3 heteroatoms. The maximum atomic E-state index is 12.0. The van der Waals surface area contributed by atoms with Gasteiger partial charge in [-0.2, -0.15) is 0 Å². The first-order valence-electron chi connectivity index (χ1n) is 13.5. The number of hydrogen-bond donors (Lipinski definition) is 0. The van der Waals surface area contributed by atoms with Crippen LogP contribution in [0, 0.1) is 0 Å². The summed E-state index contributed by atoms with van der Waals surface area (Å²) >= 11 is 0. The third-order valence-corrected chi connectivity index (χ3v) is 6.71. The molecule has 30 heavy (non-hydrogen) atoms. The molecule has 0 atom stereocenters. The zero-order valence-corrected chi connectivity index (χ0v) is 20.2. The van der Waals surface area contributed by atoms with Gasteiger partial charge in [-0.25, -0.2) is 0 Å². The fourth-order valence-corrected chi connectivity index (χ4v) is 4.63. The Balaban J connectivity index is 2.23. The molecular weight excluding hydrogens is 370 g/mol. The van der Waals surface area contributed by atoms with Crippen LogP contribution >= 0.6 is 0 Å². The molecule has 3 nitrogen and oxygen atoms in total. The Bertz CT molecular complexity index is 391. The monoisotopic (exact) mass is 421 g/mol. The Hall–Kier alpha value is -0.860. The van der Waals surface area contributed by atoms with Gasteiger partial charge in [0.2, 0.25) is 5.91 Å². The summed E-state index contributed by atoms with van der Waals surface area (Å²) in [6, 6.07) is 0. The van der Waals surface area contributed by atoms with Crippen LogP contribution in [0.5, 0.6) is 0 Å². The number of rotatable bonds is 0. The predicted molar refractivity (Wildman–Crippen MR) is 129 cm³/mol. The van der Waals surface area contributed by atoms with E-state index in [0.29, 0.717) is 5.78 Å². The molecule has 0 aliphatic carbocycles. The minimum absolute atomic E-state index is 0.254. The lowest BCUT2D eigenvalue weighted by Crippen LogP contribution is -2.30. The highest BCUT2D eigenvalue weighted by Gasteiger charge is 2.07. The first-order valence-corrected chi connectivity index (χ1v) is 13.5. The zero-order chi connectivity index (χ0) is 21.7. The Labute approximate surface area is 187 Å². The van der Waals surface area contributed by atoms with Crippen LogP contribution in [0.15, 0.2) is 0 Å². The van der Waals surface area contributed by atoms with Crippen LogP contribution in [0.1, 0.15) is 148 Å². The van der Waals surface area contributed by atoms with Gasteiger partial charge in [0.25, 0.3) is 0 Å². The van der Waals surface area contributed by atoms with Crippen molar-refractivity contribution in [2.24, 2.45) is 0 Å². The molecule has 0 aromatic rings. The van der Waals surface area contributed by atoms with Crippen LogP contribution in [0.3, 0.4) is 0 Å². The molecule has 0 unspecified atom stereocenters. The summed E-state index contributed by atoms with van der Waals surface area (Å²) in [6.45, 7) is 3.64. The van der Waals surface area contributed by atoms with Crippen molar-refractivity contribution in [3.8, 4) is 0 Å². The van der Waals surface area contributed by atoms with Crippen molar-refractivity contribution in [2.75, 3.05) is 13.1 Å². The van der Waals surface area contributed by atoms with Gasteiger partial charge in [-0.05, 0) is 25.7 Å². The van der Waals surface area contributed by atoms with Crippen molar-refractivity contribution in [2.45, 2.75) is 148 Å². The van der Waals surface area contributed by atoms with Crippen LogP contribution in [-0.2, 0) is 9.59 Å². The van der Waals surface area contributed by atoms with Gasteiger partial charge in [0.05, 0.1) is 0 Å². The number of carbonyl (C=O) groups excluding carboxylic acids is 2. The van der Waals surface area contributed by atoms with Gasteiger partial charge in [-0.3, -0.25) is 9.59 Å². The molecule has 1 amide bonds. The largest absolute Gasteiger partial charge is 0.343 e. The molecule has 0 aromatic heterocycles. The minimum atomic E-state index is 0.254. The number of ketones is 1. The zero-order valence-electron chi connectivity index (χ0n) is 20.2. The third kappa shape index (κ3) is 16.9. The Morgan fingerprint density at radius 1 is 0.500 bits per heavy atom. The van der Waals surface area contributed by atoms with E-state index in [0.717, 1.165) is 51.6 Å². The summed E-state index contributed by atoms with van der Waals surface area (Å²) in [5.74, 6) is 0.754. The van der Waals surface area contributed by atoms with E-state index < -0.39 is 0 Å². The van der Waals surface area contributed by atoms with E-state index in [9.17, 15) is 9.59 Å². The molecule has 176 valence electrons. The second-order valence-corrected chi connectivity index (χ2v) is 9.62. The molecule has 1 rings (SSSR count).